The number of non-ortho nitro benzene ring substituents is 1. The summed E-state index contributed by atoms with van der Waals surface area (Å²) in [6, 6.07) is 18.8. The van der Waals surface area contributed by atoms with Crippen LogP contribution in [0.2, 0.25) is 0 Å². The molecular formula is C31H27N3O5. The predicted octanol–water partition coefficient (Wildman–Crippen LogP) is 5.18. The van der Waals surface area contributed by atoms with Crippen molar-refractivity contribution in [2.75, 3.05) is 10.2 Å². The van der Waals surface area contributed by atoms with E-state index in [1.807, 2.05) is 59.5 Å². The lowest BCUT2D eigenvalue weighted by Crippen LogP contribution is -2.51. The van der Waals surface area contributed by atoms with Crippen molar-refractivity contribution in [3.8, 4) is 0 Å². The standard InChI is InChI=1S/C31H27N3O5/c1-30(2,3)28(36)26-25(27(35)19-10-8-11-20(17-19)34(38)39)31(21-12-5-6-13-22(21)32-29(31)37)24-16-15-18-9-4-7-14-23(18)33(24)26/h4-17,24-26H,1-3H3,(H,32,37). The number of fused-ring (bicyclic) bond motifs is 6. The number of ketones is 2. The van der Waals surface area contributed by atoms with E-state index in [4.69, 9.17) is 0 Å². The van der Waals surface area contributed by atoms with E-state index >= 15 is 0 Å². The quantitative estimate of drug-likeness (QED) is 0.288. The van der Waals surface area contributed by atoms with Crippen LogP contribution in [0.3, 0.4) is 0 Å². The third kappa shape index (κ3) is 3.40. The second-order valence-corrected chi connectivity index (χ2v) is 11.3. The first-order valence-electron chi connectivity index (χ1n) is 12.9. The molecule has 0 saturated carbocycles. The molecule has 39 heavy (non-hydrogen) atoms. The molecule has 0 aromatic heterocycles. The normalized spacial score (nSPS) is 24.6. The maximum absolute atomic E-state index is 14.6. The van der Waals surface area contributed by atoms with Gasteiger partial charge in [0.1, 0.15) is 11.5 Å². The van der Waals surface area contributed by atoms with E-state index in [-0.39, 0.29) is 22.9 Å². The molecule has 3 heterocycles. The summed E-state index contributed by atoms with van der Waals surface area (Å²) in [5.74, 6) is -2.17. The molecule has 1 amide bonds. The zero-order valence-electron chi connectivity index (χ0n) is 21.8. The van der Waals surface area contributed by atoms with E-state index in [9.17, 15) is 24.5 Å². The molecule has 0 aliphatic carbocycles. The van der Waals surface area contributed by atoms with Crippen molar-refractivity contribution >= 4 is 40.6 Å². The van der Waals surface area contributed by atoms with E-state index < -0.39 is 39.5 Å². The first kappa shape index (κ1) is 24.7. The minimum Gasteiger partial charge on any atom is -0.352 e. The van der Waals surface area contributed by atoms with Gasteiger partial charge in [-0.15, -0.1) is 0 Å². The number of hydrogen-bond donors (Lipinski definition) is 1. The lowest BCUT2D eigenvalue weighted by atomic mass is 9.63. The first-order valence-corrected chi connectivity index (χ1v) is 12.9. The molecule has 196 valence electrons. The maximum atomic E-state index is 14.6. The number of nitrogens with one attached hydrogen (secondary N) is 1. The Kier molecular flexibility index (Phi) is 5.36. The number of benzene rings is 3. The highest BCUT2D eigenvalue weighted by molar-refractivity contribution is 6.17. The highest BCUT2D eigenvalue weighted by Crippen LogP contribution is 2.58. The fraction of sp³-hybridized carbons (Fsp3) is 0.258. The molecule has 4 atom stereocenters. The van der Waals surface area contributed by atoms with E-state index in [1.165, 1.54) is 24.3 Å². The number of anilines is 2. The molecule has 8 nitrogen and oxygen atoms in total. The zero-order chi connectivity index (χ0) is 27.7. The summed E-state index contributed by atoms with van der Waals surface area (Å²) in [6.45, 7) is 5.41. The lowest BCUT2D eigenvalue weighted by Gasteiger charge is -2.38. The number of rotatable bonds is 4. The third-order valence-corrected chi connectivity index (χ3v) is 8.17. The largest absolute Gasteiger partial charge is 0.352 e. The van der Waals surface area contributed by atoms with E-state index in [2.05, 4.69) is 5.32 Å². The van der Waals surface area contributed by atoms with Gasteiger partial charge in [0.2, 0.25) is 5.91 Å². The second-order valence-electron chi connectivity index (χ2n) is 11.3. The van der Waals surface area contributed by atoms with E-state index in [1.54, 1.807) is 26.8 Å². The molecule has 3 aliphatic heterocycles. The van der Waals surface area contributed by atoms with Crippen LogP contribution in [0.1, 0.15) is 42.3 Å². The molecule has 0 bridgehead atoms. The molecule has 6 rings (SSSR count). The average Bonchev–Trinajstić information content (AvgIpc) is 3.40. The molecule has 0 radical (unpaired) electrons. The molecule has 1 saturated heterocycles. The fourth-order valence-corrected chi connectivity index (χ4v) is 6.52. The van der Waals surface area contributed by atoms with Gasteiger partial charge in [0, 0.05) is 34.5 Å². The van der Waals surface area contributed by atoms with Crippen LogP contribution >= 0.6 is 0 Å². The number of amides is 1. The van der Waals surface area contributed by atoms with Crippen molar-refractivity contribution in [1.82, 2.24) is 0 Å². The molecule has 3 aliphatic rings. The van der Waals surface area contributed by atoms with Crippen LogP contribution < -0.4 is 10.2 Å². The van der Waals surface area contributed by atoms with Gasteiger partial charge in [-0.3, -0.25) is 24.5 Å². The number of nitro benzene ring substituents is 1. The number of Topliss-reactive ketones (excluding diaryl/α,β-unsaturated/α-hetero) is 2. The van der Waals surface area contributed by atoms with Crippen LogP contribution in [0.4, 0.5) is 17.1 Å². The predicted molar refractivity (Wildman–Crippen MR) is 148 cm³/mol. The van der Waals surface area contributed by atoms with Gasteiger partial charge in [0.25, 0.3) is 5.69 Å². The molecule has 1 spiro atoms. The Morgan fingerprint density at radius 1 is 1.00 bits per heavy atom. The van der Waals surface area contributed by atoms with Gasteiger partial charge < -0.3 is 10.2 Å². The number of hydrogen-bond acceptors (Lipinski definition) is 6. The monoisotopic (exact) mass is 521 g/mol. The molecule has 1 N–H and O–H groups in total. The summed E-state index contributed by atoms with van der Waals surface area (Å²) in [5, 5.41) is 14.5. The fourth-order valence-electron chi connectivity index (χ4n) is 6.52. The minimum absolute atomic E-state index is 0.0922. The molecule has 4 unspecified atom stereocenters. The molecular weight excluding hydrogens is 494 g/mol. The Labute approximate surface area is 225 Å². The number of carbonyl (C=O) groups is 3. The summed E-state index contributed by atoms with van der Waals surface area (Å²) in [4.78, 5) is 56.1. The van der Waals surface area contributed by atoms with E-state index in [0.717, 1.165) is 11.3 Å². The van der Waals surface area contributed by atoms with Gasteiger partial charge in [0.05, 0.1) is 16.9 Å². The molecule has 1 fully saturated rings. The summed E-state index contributed by atoms with van der Waals surface area (Å²) in [5.41, 5.74) is 0.461. The first-order chi connectivity index (χ1) is 18.6. The van der Waals surface area contributed by atoms with Gasteiger partial charge in [-0.2, -0.15) is 0 Å². The van der Waals surface area contributed by atoms with Crippen LogP contribution in [0, 0.1) is 21.4 Å². The summed E-state index contributed by atoms with van der Waals surface area (Å²) in [6.07, 6.45) is 3.85. The number of para-hydroxylation sites is 2. The Hall–Kier alpha value is -4.59. The van der Waals surface area contributed by atoms with Crippen LogP contribution in [-0.4, -0.2) is 34.5 Å². The van der Waals surface area contributed by atoms with Gasteiger partial charge in [-0.1, -0.05) is 81.5 Å². The van der Waals surface area contributed by atoms with Crippen LogP contribution in [0.5, 0.6) is 0 Å². The highest BCUT2D eigenvalue weighted by Gasteiger charge is 2.70. The summed E-state index contributed by atoms with van der Waals surface area (Å²) < 4.78 is 0. The van der Waals surface area contributed by atoms with Gasteiger partial charge in [-0.25, -0.2) is 0 Å². The maximum Gasteiger partial charge on any atom is 0.270 e. The Bertz CT molecular complexity index is 1600. The summed E-state index contributed by atoms with van der Waals surface area (Å²) >= 11 is 0. The Morgan fingerprint density at radius 2 is 1.72 bits per heavy atom. The Balaban J connectivity index is 1.68. The Morgan fingerprint density at radius 3 is 2.46 bits per heavy atom. The number of carbonyl (C=O) groups excluding carboxylic acids is 3. The molecule has 8 heteroatoms. The third-order valence-electron chi connectivity index (χ3n) is 8.17. The van der Waals surface area contributed by atoms with Crippen molar-refractivity contribution in [2.24, 2.45) is 11.3 Å². The molecule has 3 aromatic rings. The van der Waals surface area contributed by atoms with Crippen molar-refractivity contribution in [1.29, 1.82) is 0 Å². The number of nitrogens with zero attached hydrogens (tertiary/aromatic N) is 2. The van der Waals surface area contributed by atoms with Crippen LogP contribution in [-0.2, 0) is 15.0 Å². The summed E-state index contributed by atoms with van der Waals surface area (Å²) in [7, 11) is 0. The van der Waals surface area contributed by atoms with Gasteiger partial charge in [0.15, 0.2) is 11.6 Å². The zero-order valence-corrected chi connectivity index (χ0v) is 21.8. The second kappa shape index (κ2) is 8.46. The highest BCUT2D eigenvalue weighted by atomic mass is 16.6. The minimum atomic E-state index is -1.44. The topological polar surface area (TPSA) is 110 Å². The lowest BCUT2D eigenvalue weighted by molar-refractivity contribution is -0.384. The van der Waals surface area contributed by atoms with Gasteiger partial charge >= 0.3 is 0 Å². The number of nitro groups is 1. The van der Waals surface area contributed by atoms with E-state index in [0.29, 0.717) is 11.3 Å². The van der Waals surface area contributed by atoms with Crippen molar-refractivity contribution in [2.45, 2.75) is 38.3 Å². The van der Waals surface area contributed by atoms with Crippen molar-refractivity contribution in [3.63, 3.8) is 0 Å². The SMILES string of the molecule is CC(C)(C)C(=O)C1C(C(=O)c2cccc([N+](=O)[O-])c2)C2(C(=O)Nc3ccccc32)C2C=Cc3ccccc3N12. The van der Waals surface area contributed by atoms with Gasteiger partial charge in [-0.05, 0) is 23.3 Å². The van der Waals surface area contributed by atoms with Crippen LogP contribution in [0.25, 0.3) is 6.08 Å². The van der Waals surface area contributed by atoms with Crippen molar-refractivity contribution in [3.05, 3.63) is 106 Å². The molecule has 3 aromatic carbocycles. The van der Waals surface area contributed by atoms with Crippen LogP contribution in [0.15, 0.2) is 78.9 Å². The van der Waals surface area contributed by atoms with Crippen molar-refractivity contribution < 1.29 is 19.3 Å². The smallest absolute Gasteiger partial charge is 0.270 e. The average molecular weight is 522 g/mol.